The molecule has 0 atom stereocenters. The van der Waals surface area contributed by atoms with E-state index in [1.165, 1.54) is 11.3 Å². The van der Waals surface area contributed by atoms with E-state index in [-0.39, 0.29) is 6.04 Å². The first-order valence-electron chi connectivity index (χ1n) is 9.32. The van der Waals surface area contributed by atoms with Gasteiger partial charge in [0.05, 0.1) is 18.0 Å². The molecule has 8 heteroatoms. The molecule has 146 valence electrons. The molecule has 2 aliphatic heterocycles. The van der Waals surface area contributed by atoms with Crippen LogP contribution in [0.4, 0.5) is 5.69 Å². The molecule has 0 bridgehead atoms. The topological polar surface area (TPSA) is 67.7 Å². The van der Waals surface area contributed by atoms with Crippen LogP contribution < -0.4 is 4.90 Å². The fraction of sp³-hybridized carbons (Fsp3) is 0.526. The van der Waals surface area contributed by atoms with E-state index < -0.39 is 10.0 Å². The first kappa shape index (κ1) is 18.5. The SMILES string of the molecule is Cc1nn(C)c(C)c1S(=O)(=O)N1CCC(N2COCc3ccccc32)CC1. The molecule has 0 spiro atoms. The average Bonchev–Trinajstić information content (AvgIpc) is 2.93. The Hall–Kier alpha value is -1.90. The lowest BCUT2D eigenvalue weighted by Gasteiger charge is -2.41. The fourth-order valence-electron chi connectivity index (χ4n) is 4.19. The number of fused-ring (bicyclic) bond motifs is 1. The second-order valence-corrected chi connectivity index (χ2v) is 9.21. The molecule has 0 N–H and O–H groups in total. The molecule has 0 saturated carbocycles. The summed E-state index contributed by atoms with van der Waals surface area (Å²) in [6, 6.07) is 8.58. The molecule has 1 saturated heterocycles. The lowest BCUT2D eigenvalue weighted by atomic mass is 10.0. The Morgan fingerprint density at radius 3 is 2.52 bits per heavy atom. The van der Waals surface area contributed by atoms with Gasteiger partial charge in [0.2, 0.25) is 10.0 Å². The highest BCUT2D eigenvalue weighted by Crippen LogP contribution is 2.32. The van der Waals surface area contributed by atoms with Crippen molar-refractivity contribution in [3.05, 3.63) is 41.2 Å². The molecule has 4 rings (SSSR count). The maximum atomic E-state index is 13.2. The Balaban J connectivity index is 1.51. The van der Waals surface area contributed by atoms with Gasteiger partial charge in [0, 0.05) is 37.4 Å². The number of aryl methyl sites for hydroxylation is 2. The molecule has 7 nitrogen and oxygen atoms in total. The summed E-state index contributed by atoms with van der Waals surface area (Å²) < 4.78 is 35.3. The summed E-state index contributed by atoms with van der Waals surface area (Å²) in [5, 5.41) is 4.27. The molecule has 1 aromatic heterocycles. The van der Waals surface area contributed by atoms with Gasteiger partial charge in [0.25, 0.3) is 0 Å². The summed E-state index contributed by atoms with van der Waals surface area (Å²) in [7, 11) is -1.74. The number of nitrogens with zero attached hydrogens (tertiary/aromatic N) is 4. The van der Waals surface area contributed by atoms with Crippen molar-refractivity contribution in [1.82, 2.24) is 14.1 Å². The number of rotatable bonds is 3. The maximum absolute atomic E-state index is 13.2. The third-order valence-corrected chi connectivity index (χ3v) is 7.85. The number of hydrogen-bond acceptors (Lipinski definition) is 5. The molecule has 27 heavy (non-hydrogen) atoms. The molecule has 3 heterocycles. The van der Waals surface area contributed by atoms with Gasteiger partial charge in [-0.1, -0.05) is 18.2 Å². The van der Waals surface area contributed by atoms with Gasteiger partial charge in [-0.15, -0.1) is 0 Å². The molecule has 1 aromatic carbocycles. The van der Waals surface area contributed by atoms with Crippen LogP contribution in [0.2, 0.25) is 0 Å². The summed E-state index contributed by atoms with van der Waals surface area (Å²) in [5.41, 5.74) is 3.66. The van der Waals surface area contributed by atoms with Crippen LogP contribution in [0.15, 0.2) is 29.2 Å². The zero-order valence-corrected chi connectivity index (χ0v) is 16.9. The standard InChI is InChI=1S/C19H26N4O3S/c1-14-19(15(2)21(3)20-14)27(24,25)22-10-8-17(9-11-22)23-13-26-12-16-6-4-5-7-18(16)23/h4-7,17H,8-13H2,1-3H3. The molecular formula is C19H26N4O3S. The lowest BCUT2D eigenvalue weighted by molar-refractivity contribution is 0.0988. The maximum Gasteiger partial charge on any atom is 0.246 e. The van der Waals surface area contributed by atoms with Gasteiger partial charge in [0.1, 0.15) is 11.6 Å². The summed E-state index contributed by atoms with van der Waals surface area (Å²) in [5.74, 6) is 0. The van der Waals surface area contributed by atoms with Crippen molar-refractivity contribution in [3.8, 4) is 0 Å². The summed E-state index contributed by atoms with van der Waals surface area (Å²) in [4.78, 5) is 2.64. The Morgan fingerprint density at radius 1 is 1.15 bits per heavy atom. The fourth-order valence-corrected chi connectivity index (χ4v) is 6.06. The minimum absolute atomic E-state index is 0.286. The number of piperidine rings is 1. The smallest absolute Gasteiger partial charge is 0.246 e. The van der Waals surface area contributed by atoms with Crippen LogP contribution in [0.25, 0.3) is 0 Å². The van der Waals surface area contributed by atoms with E-state index in [0.29, 0.717) is 42.7 Å². The summed E-state index contributed by atoms with van der Waals surface area (Å²) >= 11 is 0. The average molecular weight is 391 g/mol. The van der Waals surface area contributed by atoms with E-state index in [1.54, 1.807) is 23.0 Å². The van der Waals surface area contributed by atoms with Crippen molar-refractivity contribution in [2.24, 2.45) is 7.05 Å². The van der Waals surface area contributed by atoms with Crippen LogP contribution in [0, 0.1) is 13.8 Å². The number of aromatic nitrogens is 2. The molecule has 0 amide bonds. The molecule has 0 unspecified atom stereocenters. The van der Waals surface area contributed by atoms with Crippen LogP contribution in [0.3, 0.4) is 0 Å². The van der Waals surface area contributed by atoms with Gasteiger partial charge < -0.3 is 9.64 Å². The van der Waals surface area contributed by atoms with Gasteiger partial charge in [-0.25, -0.2) is 8.42 Å². The van der Waals surface area contributed by atoms with Crippen molar-refractivity contribution in [3.63, 3.8) is 0 Å². The highest BCUT2D eigenvalue weighted by atomic mass is 32.2. The predicted octanol–water partition coefficient (Wildman–Crippen LogP) is 2.18. The van der Waals surface area contributed by atoms with Crippen LogP contribution in [0.1, 0.15) is 29.8 Å². The van der Waals surface area contributed by atoms with Crippen molar-refractivity contribution < 1.29 is 13.2 Å². The molecule has 2 aromatic rings. The number of ether oxygens (including phenoxy) is 1. The van der Waals surface area contributed by atoms with Crippen molar-refractivity contribution in [2.75, 3.05) is 24.7 Å². The van der Waals surface area contributed by atoms with E-state index in [4.69, 9.17) is 4.74 Å². The van der Waals surface area contributed by atoms with Gasteiger partial charge >= 0.3 is 0 Å². The highest BCUT2D eigenvalue weighted by molar-refractivity contribution is 7.89. The molecule has 0 radical (unpaired) electrons. The van der Waals surface area contributed by atoms with Crippen molar-refractivity contribution >= 4 is 15.7 Å². The molecule has 2 aliphatic rings. The van der Waals surface area contributed by atoms with Crippen LogP contribution in [0.5, 0.6) is 0 Å². The van der Waals surface area contributed by atoms with Gasteiger partial charge in [-0.3, -0.25) is 4.68 Å². The Morgan fingerprint density at radius 2 is 1.85 bits per heavy atom. The van der Waals surface area contributed by atoms with Gasteiger partial charge in [-0.2, -0.15) is 9.40 Å². The quantitative estimate of drug-likeness (QED) is 0.804. The number of para-hydroxylation sites is 1. The first-order valence-corrected chi connectivity index (χ1v) is 10.8. The highest BCUT2D eigenvalue weighted by Gasteiger charge is 2.35. The minimum atomic E-state index is -3.52. The zero-order chi connectivity index (χ0) is 19.2. The second kappa shape index (κ2) is 6.92. The number of anilines is 1. The first-order chi connectivity index (χ1) is 12.9. The van der Waals surface area contributed by atoms with Crippen LogP contribution in [-0.2, 0) is 28.4 Å². The van der Waals surface area contributed by atoms with E-state index >= 15 is 0 Å². The van der Waals surface area contributed by atoms with Crippen LogP contribution in [-0.4, -0.2) is 48.4 Å². The van der Waals surface area contributed by atoms with E-state index in [0.717, 1.165) is 12.8 Å². The van der Waals surface area contributed by atoms with Gasteiger partial charge in [0.15, 0.2) is 0 Å². The Labute approximate surface area is 160 Å². The second-order valence-electron chi connectivity index (χ2n) is 7.33. The number of hydrogen-bond donors (Lipinski definition) is 0. The molecular weight excluding hydrogens is 364 g/mol. The Bertz CT molecular complexity index is 946. The number of benzene rings is 1. The molecule has 1 fully saturated rings. The van der Waals surface area contributed by atoms with Crippen LogP contribution >= 0.6 is 0 Å². The third kappa shape index (κ3) is 3.15. The third-order valence-electron chi connectivity index (χ3n) is 5.69. The van der Waals surface area contributed by atoms with Crippen molar-refractivity contribution in [1.29, 1.82) is 0 Å². The minimum Gasteiger partial charge on any atom is -0.356 e. The van der Waals surface area contributed by atoms with Gasteiger partial charge in [-0.05, 0) is 32.8 Å². The summed E-state index contributed by atoms with van der Waals surface area (Å²) in [6.07, 6.45) is 1.57. The normalized spacial score (nSPS) is 19.3. The van der Waals surface area contributed by atoms with Crippen molar-refractivity contribution in [2.45, 2.75) is 44.2 Å². The van der Waals surface area contributed by atoms with E-state index in [1.807, 2.05) is 19.1 Å². The Kier molecular flexibility index (Phi) is 4.73. The zero-order valence-electron chi connectivity index (χ0n) is 16.1. The largest absolute Gasteiger partial charge is 0.356 e. The lowest BCUT2D eigenvalue weighted by Crippen LogP contribution is -2.48. The summed E-state index contributed by atoms with van der Waals surface area (Å²) in [6.45, 7) is 5.80. The van der Waals surface area contributed by atoms with E-state index in [2.05, 4.69) is 22.1 Å². The molecule has 0 aliphatic carbocycles. The van der Waals surface area contributed by atoms with E-state index in [9.17, 15) is 8.42 Å². The predicted molar refractivity (Wildman–Crippen MR) is 103 cm³/mol. The number of sulfonamides is 1. The monoisotopic (exact) mass is 390 g/mol.